The Morgan fingerprint density at radius 3 is 2.67 bits per heavy atom. The molecule has 0 N–H and O–H groups in total. The van der Waals surface area contributed by atoms with E-state index in [1.165, 1.54) is 17.3 Å². The summed E-state index contributed by atoms with van der Waals surface area (Å²) in [7, 11) is 1.76. The van der Waals surface area contributed by atoms with E-state index >= 15 is 0 Å². The zero-order valence-corrected chi connectivity index (χ0v) is 16.5. The van der Waals surface area contributed by atoms with Gasteiger partial charge in [0.1, 0.15) is 0 Å². The lowest BCUT2D eigenvalue weighted by molar-refractivity contribution is 0.683. The van der Waals surface area contributed by atoms with Crippen molar-refractivity contribution >= 4 is 11.8 Å². The minimum absolute atomic E-state index is 0.0138. The van der Waals surface area contributed by atoms with Gasteiger partial charge in [-0.2, -0.15) is 5.26 Å². The summed E-state index contributed by atoms with van der Waals surface area (Å²) in [6, 6.07) is 17.9. The molecule has 3 rings (SSSR count). The SMILES string of the molecule is Cc1cccc(Cc2c(C)nc(SCc3ccccc3C#N)n(C)c2=O)c1. The lowest BCUT2D eigenvalue weighted by Crippen LogP contribution is -2.25. The lowest BCUT2D eigenvalue weighted by Gasteiger charge is -2.12. The van der Waals surface area contributed by atoms with Gasteiger partial charge < -0.3 is 0 Å². The molecule has 0 aliphatic carbocycles. The summed E-state index contributed by atoms with van der Waals surface area (Å²) in [4.78, 5) is 17.6. The quantitative estimate of drug-likeness (QED) is 0.496. The Bertz CT molecular complexity index is 1080. The molecule has 2 aromatic carbocycles. The summed E-state index contributed by atoms with van der Waals surface area (Å²) in [5.41, 5.74) is 5.36. The third kappa shape index (κ3) is 4.29. The van der Waals surface area contributed by atoms with Gasteiger partial charge in [-0.15, -0.1) is 0 Å². The van der Waals surface area contributed by atoms with Crippen LogP contribution in [0.1, 0.15) is 33.5 Å². The molecule has 0 aliphatic rings. The van der Waals surface area contributed by atoms with Gasteiger partial charge in [0.15, 0.2) is 5.16 Å². The van der Waals surface area contributed by atoms with Crippen LogP contribution in [0, 0.1) is 25.2 Å². The van der Waals surface area contributed by atoms with Gasteiger partial charge in [-0.3, -0.25) is 9.36 Å². The van der Waals surface area contributed by atoms with Crippen molar-refractivity contribution in [3.8, 4) is 6.07 Å². The van der Waals surface area contributed by atoms with E-state index in [0.717, 1.165) is 22.4 Å². The summed E-state index contributed by atoms with van der Waals surface area (Å²) in [5.74, 6) is 0.598. The normalized spacial score (nSPS) is 10.6. The Kier molecular flexibility index (Phi) is 5.78. The highest BCUT2D eigenvalue weighted by molar-refractivity contribution is 7.98. The fraction of sp³-hybridized carbons (Fsp3) is 0.227. The molecule has 5 heteroatoms. The summed E-state index contributed by atoms with van der Waals surface area (Å²) in [5, 5.41) is 9.89. The van der Waals surface area contributed by atoms with Gasteiger partial charge in [-0.25, -0.2) is 4.98 Å². The average molecular weight is 375 g/mol. The monoisotopic (exact) mass is 375 g/mol. The van der Waals surface area contributed by atoms with Crippen molar-refractivity contribution in [3.05, 3.63) is 92.4 Å². The smallest absolute Gasteiger partial charge is 0.257 e. The van der Waals surface area contributed by atoms with Gasteiger partial charge in [0.05, 0.1) is 11.6 Å². The van der Waals surface area contributed by atoms with Gasteiger partial charge in [0.2, 0.25) is 0 Å². The minimum Gasteiger partial charge on any atom is -0.291 e. The van der Waals surface area contributed by atoms with E-state index in [0.29, 0.717) is 22.9 Å². The van der Waals surface area contributed by atoms with E-state index in [9.17, 15) is 10.1 Å². The van der Waals surface area contributed by atoms with E-state index in [1.807, 2.05) is 50.2 Å². The molecule has 1 aromatic heterocycles. The van der Waals surface area contributed by atoms with Crippen LogP contribution in [-0.2, 0) is 19.2 Å². The molecule has 0 saturated heterocycles. The van der Waals surface area contributed by atoms with E-state index < -0.39 is 0 Å². The molecule has 0 saturated carbocycles. The molecule has 4 nitrogen and oxygen atoms in total. The summed E-state index contributed by atoms with van der Waals surface area (Å²) < 4.78 is 1.61. The Morgan fingerprint density at radius 2 is 1.93 bits per heavy atom. The number of nitriles is 1. The van der Waals surface area contributed by atoms with Crippen molar-refractivity contribution in [1.29, 1.82) is 5.26 Å². The Morgan fingerprint density at radius 1 is 1.15 bits per heavy atom. The number of thioether (sulfide) groups is 1. The van der Waals surface area contributed by atoms with E-state index in [-0.39, 0.29) is 5.56 Å². The maximum absolute atomic E-state index is 12.9. The molecule has 136 valence electrons. The molecule has 0 bridgehead atoms. The lowest BCUT2D eigenvalue weighted by atomic mass is 10.0. The van der Waals surface area contributed by atoms with Gasteiger partial charge in [0.25, 0.3) is 5.56 Å². The Balaban J connectivity index is 1.87. The first-order valence-corrected chi connectivity index (χ1v) is 9.71. The fourth-order valence-corrected chi connectivity index (χ4v) is 4.00. The van der Waals surface area contributed by atoms with Crippen LogP contribution in [0.3, 0.4) is 0 Å². The molecular weight excluding hydrogens is 354 g/mol. The predicted molar refractivity (Wildman–Crippen MR) is 109 cm³/mol. The molecule has 1 heterocycles. The summed E-state index contributed by atoms with van der Waals surface area (Å²) >= 11 is 1.48. The van der Waals surface area contributed by atoms with E-state index in [1.54, 1.807) is 17.7 Å². The molecule has 0 fully saturated rings. The third-order valence-corrected chi connectivity index (χ3v) is 5.59. The molecule has 0 spiro atoms. The maximum atomic E-state index is 12.9. The number of nitrogens with zero attached hydrogens (tertiary/aromatic N) is 3. The van der Waals surface area contributed by atoms with Gasteiger partial charge >= 0.3 is 0 Å². The van der Waals surface area contributed by atoms with Crippen LogP contribution in [0.25, 0.3) is 0 Å². The zero-order chi connectivity index (χ0) is 19.4. The first-order valence-electron chi connectivity index (χ1n) is 8.72. The van der Waals surface area contributed by atoms with Crippen LogP contribution in [0.5, 0.6) is 0 Å². The van der Waals surface area contributed by atoms with Crippen LogP contribution in [0.4, 0.5) is 0 Å². The number of hydrogen-bond donors (Lipinski definition) is 0. The van der Waals surface area contributed by atoms with Crippen molar-refractivity contribution in [2.24, 2.45) is 7.05 Å². The van der Waals surface area contributed by atoms with Gasteiger partial charge in [-0.05, 0) is 31.0 Å². The number of aryl methyl sites for hydroxylation is 2. The Hall–Kier alpha value is -2.84. The molecule has 0 aliphatic heterocycles. The maximum Gasteiger partial charge on any atom is 0.257 e. The first-order chi connectivity index (χ1) is 13.0. The topological polar surface area (TPSA) is 58.7 Å². The van der Waals surface area contributed by atoms with Crippen LogP contribution >= 0.6 is 11.8 Å². The van der Waals surface area contributed by atoms with Crippen molar-refractivity contribution in [1.82, 2.24) is 9.55 Å². The molecule has 0 radical (unpaired) electrons. The largest absolute Gasteiger partial charge is 0.291 e. The second kappa shape index (κ2) is 8.24. The minimum atomic E-state index is -0.0138. The molecule has 3 aromatic rings. The molecule has 0 atom stereocenters. The van der Waals surface area contributed by atoms with Gasteiger partial charge in [-0.1, -0.05) is 59.8 Å². The molecule has 27 heavy (non-hydrogen) atoms. The summed E-state index contributed by atoms with van der Waals surface area (Å²) in [6.45, 7) is 3.94. The van der Waals surface area contributed by atoms with E-state index in [4.69, 9.17) is 0 Å². The van der Waals surface area contributed by atoms with Crippen molar-refractivity contribution in [2.45, 2.75) is 31.2 Å². The fourth-order valence-electron chi connectivity index (χ4n) is 2.99. The van der Waals surface area contributed by atoms with E-state index in [2.05, 4.69) is 17.1 Å². The van der Waals surface area contributed by atoms with Crippen molar-refractivity contribution in [2.75, 3.05) is 0 Å². The highest BCUT2D eigenvalue weighted by Crippen LogP contribution is 2.23. The molecule has 0 amide bonds. The van der Waals surface area contributed by atoms with Crippen molar-refractivity contribution in [3.63, 3.8) is 0 Å². The van der Waals surface area contributed by atoms with Crippen LogP contribution < -0.4 is 5.56 Å². The second-order valence-corrected chi connectivity index (χ2v) is 7.49. The zero-order valence-electron chi connectivity index (χ0n) is 15.7. The number of benzene rings is 2. The van der Waals surface area contributed by atoms with Crippen molar-refractivity contribution < 1.29 is 0 Å². The predicted octanol–water partition coefficient (Wildman–Crippen LogP) is 4.15. The first kappa shape index (κ1) is 18.9. The van der Waals surface area contributed by atoms with Crippen LogP contribution in [0.15, 0.2) is 58.5 Å². The number of rotatable bonds is 5. The summed E-state index contributed by atoms with van der Waals surface area (Å²) in [6.07, 6.45) is 0.579. The third-order valence-electron chi connectivity index (χ3n) is 4.51. The second-order valence-electron chi connectivity index (χ2n) is 6.55. The number of hydrogen-bond acceptors (Lipinski definition) is 4. The highest BCUT2D eigenvalue weighted by Gasteiger charge is 2.14. The molecular formula is C22H21N3OS. The molecule has 0 unspecified atom stereocenters. The average Bonchev–Trinajstić information content (AvgIpc) is 2.67. The standard InChI is InChI=1S/C22H21N3OS/c1-15-7-6-8-17(11-15)12-20-16(2)24-22(25(3)21(20)26)27-14-19-10-5-4-9-18(19)13-23/h4-11H,12,14H2,1-3H3. The van der Waals surface area contributed by atoms with Crippen LogP contribution in [-0.4, -0.2) is 9.55 Å². The van der Waals surface area contributed by atoms with Crippen LogP contribution in [0.2, 0.25) is 0 Å². The number of aromatic nitrogens is 2. The Labute approximate surface area is 163 Å². The van der Waals surface area contributed by atoms with Gasteiger partial charge in [0, 0.05) is 30.5 Å². The highest BCUT2D eigenvalue weighted by atomic mass is 32.2.